The maximum atomic E-state index is 13.3. The van der Waals surface area contributed by atoms with E-state index in [2.05, 4.69) is 10.1 Å². The summed E-state index contributed by atoms with van der Waals surface area (Å²) in [5, 5.41) is 4.33. The van der Waals surface area contributed by atoms with Crippen molar-refractivity contribution in [3.05, 3.63) is 59.3 Å². The van der Waals surface area contributed by atoms with E-state index in [0.717, 1.165) is 23.1 Å². The molecule has 11 heteroatoms. The lowest BCUT2D eigenvalue weighted by Gasteiger charge is -2.36. The second kappa shape index (κ2) is 10.6. The molecule has 4 heterocycles. The number of morpholine rings is 1. The van der Waals surface area contributed by atoms with Crippen LogP contribution < -0.4 is 9.64 Å². The Hall–Kier alpha value is -3.60. The van der Waals surface area contributed by atoms with Crippen molar-refractivity contribution < 1.29 is 32.3 Å². The lowest BCUT2D eigenvalue weighted by atomic mass is 9.85. The molecule has 2 saturated heterocycles. The third-order valence-electron chi connectivity index (χ3n) is 7.14. The lowest BCUT2D eigenvalue weighted by Crippen LogP contribution is -2.46. The number of benzene rings is 1. The summed E-state index contributed by atoms with van der Waals surface area (Å²) < 4.78 is 50.5. The first-order valence-electron chi connectivity index (χ1n) is 12.5. The highest BCUT2D eigenvalue weighted by molar-refractivity contribution is 6.02. The van der Waals surface area contributed by atoms with Gasteiger partial charge in [0.1, 0.15) is 22.9 Å². The zero-order valence-electron chi connectivity index (χ0n) is 21.0. The van der Waals surface area contributed by atoms with Crippen LogP contribution in [0.5, 0.6) is 5.75 Å². The predicted octanol–water partition coefficient (Wildman–Crippen LogP) is 4.14. The maximum Gasteiger partial charge on any atom is 0.433 e. The molecule has 2 fully saturated rings. The van der Waals surface area contributed by atoms with Gasteiger partial charge in [-0.3, -0.25) is 4.79 Å². The fourth-order valence-corrected chi connectivity index (χ4v) is 4.92. The smallest absolute Gasteiger partial charge is 0.433 e. The molecule has 0 aliphatic carbocycles. The summed E-state index contributed by atoms with van der Waals surface area (Å²) in [6.45, 7) is 2.65. The quantitative estimate of drug-likeness (QED) is 0.541. The van der Waals surface area contributed by atoms with Crippen LogP contribution in [0.2, 0.25) is 0 Å². The second-order valence-corrected chi connectivity index (χ2v) is 9.59. The topological polar surface area (TPSA) is 76.5 Å². The van der Waals surface area contributed by atoms with Crippen molar-refractivity contribution in [2.24, 2.45) is 5.16 Å². The number of hydrogen-bond acceptors (Lipinski definition) is 7. The highest BCUT2D eigenvalue weighted by Crippen LogP contribution is 2.37. The van der Waals surface area contributed by atoms with Gasteiger partial charge in [0.25, 0.3) is 0 Å². The molecule has 2 aromatic rings. The number of alkyl halides is 3. The van der Waals surface area contributed by atoms with E-state index in [1.54, 1.807) is 23.0 Å². The highest BCUT2D eigenvalue weighted by Gasteiger charge is 2.43. The Kier molecular flexibility index (Phi) is 7.29. The Balaban J connectivity index is 1.23. The van der Waals surface area contributed by atoms with E-state index in [1.807, 2.05) is 24.3 Å². The monoisotopic (exact) mass is 530 g/mol. The number of likely N-dealkylation sites (tertiary alicyclic amines) is 1. The lowest BCUT2D eigenvalue weighted by molar-refractivity contribution is -0.141. The van der Waals surface area contributed by atoms with E-state index >= 15 is 0 Å². The molecule has 38 heavy (non-hydrogen) atoms. The van der Waals surface area contributed by atoms with Gasteiger partial charge in [0.2, 0.25) is 5.91 Å². The van der Waals surface area contributed by atoms with E-state index in [-0.39, 0.29) is 11.7 Å². The average Bonchev–Trinajstić information content (AvgIpc) is 3.35. The third kappa shape index (κ3) is 5.62. The van der Waals surface area contributed by atoms with Crippen LogP contribution >= 0.6 is 0 Å². The van der Waals surface area contributed by atoms with Gasteiger partial charge in [-0.15, -0.1) is 0 Å². The minimum Gasteiger partial charge on any atom is -0.497 e. The molecule has 3 aliphatic heterocycles. The van der Waals surface area contributed by atoms with Crippen LogP contribution in [0.25, 0.3) is 6.08 Å². The van der Waals surface area contributed by atoms with Crippen molar-refractivity contribution in [1.29, 1.82) is 0 Å². The number of pyridine rings is 1. The number of oxime groups is 1. The summed E-state index contributed by atoms with van der Waals surface area (Å²) in [5.74, 6) is 0.740. The summed E-state index contributed by atoms with van der Waals surface area (Å²) in [4.78, 5) is 26.2. The molecule has 0 unspecified atom stereocenters. The molecule has 1 amide bonds. The second-order valence-electron chi connectivity index (χ2n) is 9.59. The van der Waals surface area contributed by atoms with Crippen LogP contribution in [0.3, 0.4) is 0 Å². The number of piperidine rings is 1. The van der Waals surface area contributed by atoms with Crippen LogP contribution in [-0.4, -0.2) is 73.6 Å². The molecule has 0 N–H and O–H groups in total. The summed E-state index contributed by atoms with van der Waals surface area (Å²) in [5.41, 5.74) is 0.853. The fraction of sp³-hybridized carbons (Fsp3) is 0.444. The van der Waals surface area contributed by atoms with Gasteiger partial charge in [-0.2, -0.15) is 13.2 Å². The Labute approximate surface area is 218 Å². The normalized spacial score (nSPS) is 19.5. The number of hydrogen-bond donors (Lipinski definition) is 0. The number of carbonyl (C=O) groups is 1. The largest absolute Gasteiger partial charge is 0.497 e. The minimum absolute atomic E-state index is 0.200. The SMILES string of the molecule is COc1cccc(C2=NOC3(CCN(C(=O)/C=C/c4ccc(C(F)(F)F)nc4N4CCOCC4)CC3)C2)c1. The van der Waals surface area contributed by atoms with Crippen molar-refractivity contribution in [1.82, 2.24) is 9.88 Å². The maximum absolute atomic E-state index is 13.3. The molecule has 0 radical (unpaired) electrons. The summed E-state index contributed by atoms with van der Waals surface area (Å²) in [6.07, 6.45) is 0.301. The fourth-order valence-electron chi connectivity index (χ4n) is 4.92. The number of ether oxygens (including phenoxy) is 2. The molecule has 0 bridgehead atoms. The van der Waals surface area contributed by atoms with Gasteiger partial charge in [0, 0.05) is 62.6 Å². The molecule has 8 nitrogen and oxygen atoms in total. The number of anilines is 1. The molecule has 3 aliphatic rings. The van der Waals surface area contributed by atoms with Crippen LogP contribution in [0.4, 0.5) is 19.0 Å². The number of methoxy groups -OCH3 is 1. The zero-order chi connectivity index (χ0) is 26.8. The van der Waals surface area contributed by atoms with E-state index in [0.29, 0.717) is 64.2 Å². The number of aromatic nitrogens is 1. The van der Waals surface area contributed by atoms with Gasteiger partial charge in [-0.05, 0) is 30.3 Å². The van der Waals surface area contributed by atoms with Crippen LogP contribution in [-0.2, 0) is 20.5 Å². The minimum atomic E-state index is -4.55. The van der Waals surface area contributed by atoms with Crippen molar-refractivity contribution in [3.8, 4) is 5.75 Å². The van der Waals surface area contributed by atoms with Crippen molar-refractivity contribution >= 4 is 23.5 Å². The van der Waals surface area contributed by atoms with Crippen LogP contribution in [0, 0.1) is 0 Å². The first-order chi connectivity index (χ1) is 18.3. The zero-order valence-corrected chi connectivity index (χ0v) is 21.0. The molecule has 202 valence electrons. The summed E-state index contributed by atoms with van der Waals surface area (Å²) >= 11 is 0. The van der Waals surface area contributed by atoms with E-state index in [9.17, 15) is 18.0 Å². The van der Waals surface area contributed by atoms with Gasteiger partial charge in [0.15, 0.2) is 0 Å². The molecule has 1 spiro atoms. The molecule has 1 aromatic carbocycles. The Morgan fingerprint density at radius 3 is 2.58 bits per heavy atom. The van der Waals surface area contributed by atoms with Crippen molar-refractivity contribution in [2.75, 3.05) is 51.4 Å². The molecule has 0 saturated carbocycles. The molecular weight excluding hydrogens is 501 g/mol. The van der Waals surface area contributed by atoms with E-state index < -0.39 is 17.5 Å². The average molecular weight is 531 g/mol. The summed E-state index contributed by atoms with van der Waals surface area (Å²) in [7, 11) is 1.62. The van der Waals surface area contributed by atoms with Crippen molar-refractivity contribution in [2.45, 2.75) is 31.0 Å². The first-order valence-corrected chi connectivity index (χ1v) is 12.5. The number of nitrogens with zero attached hydrogens (tertiary/aromatic N) is 4. The van der Waals surface area contributed by atoms with Crippen LogP contribution in [0.1, 0.15) is 36.1 Å². The number of rotatable bonds is 5. The predicted molar refractivity (Wildman–Crippen MR) is 135 cm³/mol. The third-order valence-corrected chi connectivity index (χ3v) is 7.14. The molecular formula is C27H29F3N4O4. The number of carbonyl (C=O) groups excluding carboxylic acids is 1. The summed E-state index contributed by atoms with van der Waals surface area (Å²) in [6, 6.07) is 9.97. The first kappa shape index (κ1) is 26.0. The highest BCUT2D eigenvalue weighted by atomic mass is 19.4. The van der Waals surface area contributed by atoms with E-state index in [4.69, 9.17) is 14.3 Å². The number of halogens is 3. The molecule has 0 atom stereocenters. The van der Waals surface area contributed by atoms with Gasteiger partial charge < -0.3 is 24.1 Å². The molecule has 1 aromatic heterocycles. The Bertz CT molecular complexity index is 1230. The Morgan fingerprint density at radius 2 is 1.87 bits per heavy atom. The Morgan fingerprint density at radius 1 is 1.11 bits per heavy atom. The van der Waals surface area contributed by atoms with Crippen molar-refractivity contribution in [3.63, 3.8) is 0 Å². The van der Waals surface area contributed by atoms with Gasteiger partial charge in [-0.25, -0.2) is 4.98 Å². The van der Waals surface area contributed by atoms with E-state index in [1.165, 1.54) is 12.1 Å². The molecule has 5 rings (SSSR count). The standard InChI is InChI=1S/C27H29F3N4O4/c1-36-21-4-2-3-20(17-21)22-18-26(38-32-22)9-11-33(12-10-26)24(35)8-6-19-5-7-23(27(28,29)30)31-25(19)34-13-15-37-16-14-34/h2-8,17H,9-16,18H2,1H3/b8-6+. The van der Waals surface area contributed by atoms with Crippen LogP contribution in [0.15, 0.2) is 47.6 Å². The van der Waals surface area contributed by atoms with Gasteiger partial charge in [0.05, 0.1) is 26.0 Å². The van der Waals surface area contributed by atoms with Gasteiger partial charge in [-0.1, -0.05) is 17.3 Å². The number of amides is 1. The van der Waals surface area contributed by atoms with Gasteiger partial charge >= 0.3 is 6.18 Å².